The Balaban J connectivity index is 1.84. The summed E-state index contributed by atoms with van der Waals surface area (Å²) in [6.45, 7) is 2.66. The smallest absolute Gasteiger partial charge is 0.269 e. The molecule has 0 fully saturated rings. The van der Waals surface area contributed by atoms with E-state index in [1.165, 1.54) is 23.9 Å². The van der Waals surface area contributed by atoms with Gasteiger partial charge in [0.2, 0.25) is 0 Å². The Kier molecular flexibility index (Phi) is 5.29. The van der Waals surface area contributed by atoms with Crippen molar-refractivity contribution < 1.29 is 4.92 Å². The van der Waals surface area contributed by atoms with Gasteiger partial charge in [-0.25, -0.2) is 0 Å². The van der Waals surface area contributed by atoms with Gasteiger partial charge in [0.15, 0.2) is 11.0 Å². The van der Waals surface area contributed by atoms with Crippen LogP contribution in [-0.4, -0.2) is 19.7 Å². The number of nitrogens with zero attached hydrogens (tertiary/aromatic N) is 5. The van der Waals surface area contributed by atoms with Crippen LogP contribution in [0.5, 0.6) is 0 Å². The minimum Gasteiger partial charge on any atom is -0.302 e. The van der Waals surface area contributed by atoms with Crippen molar-refractivity contribution in [3.8, 4) is 17.5 Å². The number of hydrogen-bond acceptors (Lipinski definition) is 6. The number of nitro groups is 1. The molecule has 0 N–H and O–H groups in total. The van der Waals surface area contributed by atoms with Crippen LogP contribution in [-0.2, 0) is 12.3 Å². The van der Waals surface area contributed by atoms with E-state index in [4.69, 9.17) is 0 Å². The lowest BCUT2D eigenvalue weighted by Crippen LogP contribution is -2.00. The second-order valence-electron chi connectivity index (χ2n) is 5.41. The van der Waals surface area contributed by atoms with Gasteiger partial charge in [-0.05, 0) is 30.7 Å². The predicted molar refractivity (Wildman–Crippen MR) is 98.5 cm³/mol. The minimum atomic E-state index is -0.428. The van der Waals surface area contributed by atoms with E-state index in [1.54, 1.807) is 18.2 Å². The van der Waals surface area contributed by atoms with Crippen LogP contribution in [0.1, 0.15) is 18.1 Å². The van der Waals surface area contributed by atoms with E-state index < -0.39 is 4.92 Å². The molecule has 0 saturated carbocycles. The second kappa shape index (κ2) is 7.80. The number of aromatic nitrogens is 3. The lowest BCUT2D eigenvalue weighted by atomic mass is 10.1. The first-order valence-electron chi connectivity index (χ1n) is 7.93. The normalized spacial score (nSPS) is 10.5. The number of nitriles is 1. The molecule has 0 aliphatic rings. The highest BCUT2D eigenvalue weighted by Gasteiger charge is 2.15. The Labute approximate surface area is 154 Å². The third kappa shape index (κ3) is 3.58. The molecule has 0 unspecified atom stereocenters. The van der Waals surface area contributed by atoms with Gasteiger partial charge in [0.05, 0.1) is 16.6 Å². The molecule has 0 spiro atoms. The first-order valence-corrected chi connectivity index (χ1v) is 8.91. The van der Waals surface area contributed by atoms with E-state index in [0.717, 1.165) is 16.3 Å². The maximum absolute atomic E-state index is 10.8. The highest BCUT2D eigenvalue weighted by molar-refractivity contribution is 7.98. The first kappa shape index (κ1) is 17.6. The predicted octanol–water partition coefficient (Wildman–Crippen LogP) is 4.04. The number of rotatable bonds is 6. The van der Waals surface area contributed by atoms with Gasteiger partial charge < -0.3 is 4.57 Å². The Morgan fingerprint density at radius 2 is 1.92 bits per heavy atom. The molecular formula is C18H15N5O2S. The van der Waals surface area contributed by atoms with Crippen molar-refractivity contribution in [2.24, 2.45) is 0 Å². The number of non-ortho nitro benzene ring substituents is 1. The molecule has 0 saturated heterocycles. The molecule has 0 amide bonds. The summed E-state index contributed by atoms with van der Waals surface area (Å²) in [5.41, 5.74) is 2.41. The van der Waals surface area contributed by atoms with E-state index in [9.17, 15) is 15.4 Å². The largest absolute Gasteiger partial charge is 0.302 e. The number of benzene rings is 2. The molecule has 2 aromatic carbocycles. The summed E-state index contributed by atoms with van der Waals surface area (Å²) < 4.78 is 1.96. The van der Waals surface area contributed by atoms with E-state index in [0.29, 0.717) is 23.7 Å². The molecule has 7 nitrogen and oxygen atoms in total. The van der Waals surface area contributed by atoms with Gasteiger partial charge in [0.25, 0.3) is 5.69 Å². The number of nitro benzene ring substituents is 1. The molecule has 1 heterocycles. The molecule has 1 aromatic heterocycles. The van der Waals surface area contributed by atoms with Crippen molar-refractivity contribution in [1.29, 1.82) is 5.26 Å². The number of hydrogen-bond donors (Lipinski definition) is 0. The van der Waals surface area contributed by atoms with Crippen molar-refractivity contribution in [3.05, 3.63) is 69.8 Å². The molecular weight excluding hydrogens is 350 g/mol. The Hall–Kier alpha value is -3.18. The SMILES string of the molecule is CCn1c(SCc2ccccc2C#N)nnc1-c1ccc([N+](=O)[O-])cc1. The fourth-order valence-corrected chi connectivity index (χ4v) is 3.53. The van der Waals surface area contributed by atoms with E-state index in [2.05, 4.69) is 16.3 Å². The van der Waals surface area contributed by atoms with Gasteiger partial charge >= 0.3 is 0 Å². The van der Waals surface area contributed by atoms with Crippen LogP contribution in [0.4, 0.5) is 5.69 Å². The highest BCUT2D eigenvalue weighted by Crippen LogP contribution is 2.28. The molecule has 8 heteroatoms. The molecule has 3 aromatic rings. The molecule has 26 heavy (non-hydrogen) atoms. The van der Waals surface area contributed by atoms with Crippen LogP contribution in [0.3, 0.4) is 0 Å². The van der Waals surface area contributed by atoms with Crippen molar-refractivity contribution >= 4 is 17.4 Å². The van der Waals surface area contributed by atoms with Crippen LogP contribution >= 0.6 is 11.8 Å². The summed E-state index contributed by atoms with van der Waals surface area (Å²) in [4.78, 5) is 10.4. The van der Waals surface area contributed by atoms with Crippen LogP contribution in [0.25, 0.3) is 11.4 Å². The molecule has 0 aliphatic heterocycles. The molecule has 0 atom stereocenters. The van der Waals surface area contributed by atoms with E-state index in [1.807, 2.05) is 29.7 Å². The van der Waals surface area contributed by atoms with Crippen LogP contribution in [0.15, 0.2) is 53.7 Å². The summed E-state index contributed by atoms with van der Waals surface area (Å²) >= 11 is 1.51. The van der Waals surface area contributed by atoms with E-state index in [-0.39, 0.29) is 5.69 Å². The monoisotopic (exact) mass is 365 g/mol. The quantitative estimate of drug-likeness (QED) is 0.371. The zero-order chi connectivity index (χ0) is 18.5. The summed E-state index contributed by atoms with van der Waals surface area (Å²) in [5, 5.41) is 29.2. The Morgan fingerprint density at radius 1 is 1.19 bits per heavy atom. The Morgan fingerprint density at radius 3 is 2.58 bits per heavy atom. The van der Waals surface area contributed by atoms with Crippen molar-refractivity contribution in [2.75, 3.05) is 0 Å². The van der Waals surface area contributed by atoms with E-state index >= 15 is 0 Å². The van der Waals surface area contributed by atoms with Crippen LogP contribution in [0, 0.1) is 21.4 Å². The molecule has 130 valence electrons. The fraction of sp³-hybridized carbons (Fsp3) is 0.167. The van der Waals surface area contributed by atoms with Crippen LogP contribution < -0.4 is 0 Å². The summed E-state index contributed by atoms with van der Waals surface area (Å²) in [6, 6.07) is 15.9. The highest BCUT2D eigenvalue weighted by atomic mass is 32.2. The fourth-order valence-electron chi connectivity index (χ4n) is 2.52. The van der Waals surface area contributed by atoms with Gasteiger partial charge in [0, 0.05) is 30.0 Å². The van der Waals surface area contributed by atoms with Gasteiger partial charge in [-0.3, -0.25) is 10.1 Å². The van der Waals surface area contributed by atoms with Crippen molar-refractivity contribution in [2.45, 2.75) is 24.4 Å². The third-order valence-corrected chi connectivity index (χ3v) is 4.88. The van der Waals surface area contributed by atoms with Gasteiger partial charge in [-0.2, -0.15) is 5.26 Å². The third-order valence-electron chi connectivity index (χ3n) is 3.86. The molecule has 3 rings (SSSR count). The maximum atomic E-state index is 10.8. The zero-order valence-electron chi connectivity index (χ0n) is 14.0. The van der Waals surface area contributed by atoms with Gasteiger partial charge in [-0.15, -0.1) is 10.2 Å². The first-order chi connectivity index (χ1) is 12.6. The van der Waals surface area contributed by atoms with Gasteiger partial charge in [0.1, 0.15) is 0 Å². The minimum absolute atomic E-state index is 0.0408. The van der Waals surface area contributed by atoms with Gasteiger partial charge in [-0.1, -0.05) is 30.0 Å². The molecule has 0 radical (unpaired) electrons. The van der Waals surface area contributed by atoms with Crippen molar-refractivity contribution in [1.82, 2.24) is 14.8 Å². The lowest BCUT2D eigenvalue weighted by molar-refractivity contribution is -0.384. The van der Waals surface area contributed by atoms with Crippen LogP contribution in [0.2, 0.25) is 0 Å². The average Bonchev–Trinajstić information content (AvgIpc) is 3.09. The maximum Gasteiger partial charge on any atom is 0.269 e. The average molecular weight is 365 g/mol. The Bertz CT molecular complexity index is 976. The second-order valence-corrected chi connectivity index (χ2v) is 6.35. The zero-order valence-corrected chi connectivity index (χ0v) is 14.8. The summed E-state index contributed by atoms with van der Waals surface area (Å²) in [6.07, 6.45) is 0. The van der Waals surface area contributed by atoms with Crippen molar-refractivity contribution in [3.63, 3.8) is 0 Å². The topological polar surface area (TPSA) is 97.6 Å². The molecule has 0 aliphatic carbocycles. The summed E-state index contributed by atoms with van der Waals surface area (Å²) in [7, 11) is 0. The number of thioether (sulfide) groups is 1. The summed E-state index contributed by atoms with van der Waals surface area (Å²) in [5.74, 6) is 1.28. The lowest BCUT2D eigenvalue weighted by Gasteiger charge is -2.08. The molecule has 0 bridgehead atoms. The standard InChI is InChI=1S/C18H15N5O2S/c1-2-22-17(13-7-9-16(10-8-13)23(24)25)20-21-18(22)26-12-15-6-4-3-5-14(15)11-19/h3-10H,2,12H2,1H3.